The van der Waals surface area contributed by atoms with Crippen molar-refractivity contribution in [2.45, 2.75) is 64.8 Å². The summed E-state index contributed by atoms with van der Waals surface area (Å²) in [5.41, 5.74) is 1.30. The van der Waals surface area contributed by atoms with Crippen LogP contribution in [0.4, 0.5) is 0 Å². The van der Waals surface area contributed by atoms with E-state index in [1.54, 1.807) is 0 Å². The molecule has 0 saturated heterocycles. The van der Waals surface area contributed by atoms with Gasteiger partial charge in [-0.1, -0.05) is 50.8 Å². The van der Waals surface area contributed by atoms with Crippen LogP contribution in [0.25, 0.3) is 0 Å². The van der Waals surface area contributed by atoms with Crippen molar-refractivity contribution in [1.82, 2.24) is 5.32 Å². The molecule has 1 aromatic carbocycles. The molecule has 0 radical (unpaired) electrons. The van der Waals surface area contributed by atoms with Crippen LogP contribution in [0.15, 0.2) is 24.3 Å². The number of hydrogen-bond donors (Lipinski definition) is 1. The number of para-hydroxylation sites is 1. The largest absolute Gasteiger partial charge is 0.493 e. The van der Waals surface area contributed by atoms with Crippen LogP contribution in [-0.2, 0) is 0 Å². The minimum Gasteiger partial charge on any atom is -0.493 e. The zero-order valence-electron chi connectivity index (χ0n) is 13.7. The Morgan fingerprint density at radius 2 is 1.90 bits per heavy atom. The second kappa shape index (κ2) is 9.09. The van der Waals surface area contributed by atoms with Gasteiger partial charge in [-0.25, -0.2) is 0 Å². The van der Waals surface area contributed by atoms with Crippen LogP contribution in [-0.4, -0.2) is 13.2 Å². The average molecular weight is 289 g/mol. The van der Waals surface area contributed by atoms with E-state index in [0.29, 0.717) is 6.04 Å². The van der Waals surface area contributed by atoms with E-state index >= 15 is 0 Å². The van der Waals surface area contributed by atoms with Crippen LogP contribution in [0.1, 0.15) is 70.4 Å². The van der Waals surface area contributed by atoms with Crippen molar-refractivity contribution in [3.05, 3.63) is 29.8 Å². The maximum Gasteiger partial charge on any atom is 0.124 e. The molecule has 21 heavy (non-hydrogen) atoms. The molecule has 2 nitrogen and oxygen atoms in total. The SMILES string of the molecule is CCCCCCCOc1ccccc1C(C)NCC1CC1. The highest BCUT2D eigenvalue weighted by molar-refractivity contribution is 5.35. The lowest BCUT2D eigenvalue weighted by Crippen LogP contribution is -2.21. The van der Waals surface area contributed by atoms with Crippen LogP contribution in [0.5, 0.6) is 5.75 Å². The fourth-order valence-corrected chi connectivity index (χ4v) is 2.63. The van der Waals surface area contributed by atoms with Crippen molar-refractivity contribution >= 4 is 0 Å². The molecule has 0 aromatic heterocycles. The highest BCUT2D eigenvalue weighted by Crippen LogP contribution is 2.30. The fraction of sp³-hybridized carbons (Fsp3) is 0.684. The third-order valence-electron chi connectivity index (χ3n) is 4.30. The minimum atomic E-state index is 0.377. The molecule has 118 valence electrons. The molecular formula is C19H31NO. The van der Waals surface area contributed by atoms with Crippen molar-refractivity contribution < 1.29 is 4.74 Å². The van der Waals surface area contributed by atoms with Gasteiger partial charge in [0.1, 0.15) is 5.75 Å². The van der Waals surface area contributed by atoms with Crippen LogP contribution < -0.4 is 10.1 Å². The molecule has 1 fully saturated rings. The van der Waals surface area contributed by atoms with Gasteiger partial charge < -0.3 is 10.1 Å². The predicted octanol–water partition coefficient (Wildman–Crippen LogP) is 5.10. The molecule has 0 spiro atoms. The first kappa shape index (κ1) is 16.4. The topological polar surface area (TPSA) is 21.3 Å². The molecule has 2 rings (SSSR count). The molecule has 1 saturated carbocycles. The van der Waals surface area contributed by atoms with E-state index < -0.39 is 0 Å². The quantitative estimate of drug-likeness (QED) is 0.572. The standard InChI is InChI=1S/C19H31NO/c1-3-4-5-6-9-14-21-19-11-8-7-10-18(19)16(2)20-15-17-12-13-17/h7-8,10-11,16-17,20H,3-6,9,12-15H2,1-2H3. The van der Waals surface area contributed by atoms with Crippen LogP contribution in [0.3, 0.4) is 0 Å². The molecule has 0 heterocycles. The zero-order valence-corrected chi connectivity index (χ0v) is 13.7. The van der Waals surface area contributed by atoms with Gasteiger partial charge >= 0.3 is 0 Å². The maximum atomic E-state index is 6.02. The summed E-state index contributed by atoms with van der Waals surface area (Å²) in [6.07, 6.45) is 9.22. The van der Waals surface area contributed by atoms with Gasteiger partial charge in [-0.2, -0.15) is 0 Å². The third-order valence-corrected chi connectivity index (χ3v) is 4.30. The summed E-state index contributed by atoms with van der Waals surface area (Å²) in [6, 6.07) is 8.86. The number of ether oxygens (including phenoxy) is 1. The van der Waals surface area contributed by atoms with Crippen LogP contribution in [0.2, 0.25) is 0 Å². The Hall–Kier alpha value is -1.02. The summed E-state index contributed by atoms with van der Waals surface area (Å²) < 4.78 is 6.02. The molecule has 1 aliphatic rings. The molecule has 0 aliphatic heterocycles. The lowest BCUT2D eigenvalue weighted by Gasteiger charge is -2.18. The normalized spacial score (nSPS) is 15.9. The highest BCUT2D eigenvalue weighted by atomic mass is 16.5. The van der Waals surface area contributed by atoms with E-state index in [-0.39, 0.29) is 0 Å². The number of nitrogens with one attached hydrogen (secondary N) is 1. The monoisotopic (exact) mass is 289 g/mol. The van der Waals surface area contributed by atoms with Crippen LogP contribution in [0, 0.1) is 5.92 Å². The molecule has 1 aliphatic carbocycles. The zero-order chi connectivity index (χ0) is 14.9. The van der Waals surface area contributed by atoms with Gasteiger partial charge in [0.15, 0.2) is 0 Å². The van der Waals surface area contributed by atoms with Crippen molar-refractivity contribution in [3.8, 4) is 5.75 Å². The van der Waals surface area contributed by atoms with Gasteiger partial charge in [0, 0.05) is 11.6 Å². The Bertz CT molecular complexity index is 400. The van der Waals surface area contributed by atoms with E-state index in [9.17, 15) is 0 Å². The van der Waals surface area contributed by atoms with Gasteiger partial charge in [0.25, 0.3) is 0 Å². The number of benzene rings is 1. The summed E-state index contributed by atoms with van der Waals surface area (Å²) in [5, 5.41) is 3.64. The van der Waals surface area contributed by atoms with Crippen molar-refractivity contribution in [2.75, 3.05) is 13.2 Å². The van der Waals surface area contributed by atoms with Gasteiger partial charge in [0.2, 0.25) is 0 Å². The Balaban J connectivity index is 1.75. The predicted molar refractivity (Wildman–Crippen MR) is 89.8 cm³/mol. The van der Waals surface area contributed by atoms with E-state index in [1.165, 1.54) is 44.1 Å². The summed E-state index contributed by atoms with van der Waals surface area (Å²) in [5.74, 6) is 1.97. The summed E-state index contributed by atoms with van der Waals surface area (Å²) in [6.45, 7) is 6.48. The summed E-state index contributed by atoms with van der Waals surface area (Å²) in [7, 11) is 0. The minimum absolute atomic E-state index is 0.377. The van der Waals surface area contributed by atoms with Gasteiger partial charge in [0.05, 0.1) is 6.61 Å². The lowest BCUT2D eigenvalue weighted by atomic mass is 10.1. The average Bonchev–Trinajstić information content (AvgIpc) is 3.33. The highest BCUT2D eigenvalue weighted by Gasteiger charge is 2.22. The van der Waals surface area contributed by atoms with Crippen molar-refractivity contribution in [1.29, 1.82) is 0 Å². The molecule has 0 amide bonds. The first-order chi connectivity index (χ1) is 10.3. The van der Waals surface area contributed by atoms with E-state index in [0.717, 1.165) is 31.2 Å². The van der Waals surface area contributed by atoms with E-state index in [2.05, 4.69) is 43.4 Å². The fourth-order valence-electron chi connectivity index (χ4n) is 2.63. The molecule has 2 heteroatoms. The Kier molecular flexibility index (Phi) is 7.08. The number of unbranched alkanes of at least 4 members (excludes halogenated alkanes) is 4. The molecule has 1 N–H and O–H groups in total. The second-order valence-corrected chi connectivity index (χ2v) is 6.37. The van der Waals surface area contributed by atoms with Gasteiger partial charge in [-0.05, 0) is 44.7 Å². The molecule has 1 atom stereocenters. The van der Waals surface area contributed by atoms with Crippen molar-refractivity contribution in [2.24, 2.45) is 5.92 Å². The molecule has 1 aromatic rings. The van der Waals surface area contributed by atoms with E-state index in [1.807, 2.05) is 0 Å². The van der Waals surface area contributed by atoms with Crippen molar-refractivity contribution in [3.63, 3.8) is 0 Å². The van der Waals surface area contributed by atoms with Crippen LogP contribution >= 0.6 is 0 Å². The summed E-state index contributed by atoms with van der Waals surface area (Å²) in [4.78, 5) is 0. The first-order valence-corrected chi connectivity index (χ1v) is 8.76. The lowest BCUT2D eigenvalue weighted by molar-refractivity contribution is 0.298. The maximum absolute atomic E-state index is 6.02. The number of rotatable bonds is 11. The Morgan fingerprint density at radius 1 is 1.14 bits per heavy atom. The Labute approximate surface area is 130 Å². The first-order valence-electron chi connectivity index (χ1n) is 8.76. The summed E-state index contributed by atoms with van der Waals surface area (Å²) >= 11 is 0. The smallest absolute Gasteiger partial charge is 0.124 e. The third kappa shape index (κ3) is 6.09. The van der Waals surface area contributed by atoms with Gasteiger partial charge in [-0.15, -0.1) is 0 Å². The van der Waals surface area contributed by atoms with E-state index in [4.69, 9.17) is 4.74 Å². The molecular weight excluding hydrogens is 258 g/mol. The molecule has 0 bridgehead atoms. The second-order valence-electron chi connectivity index (χ2n) is 6.37. The van der Waals surface area contributed by atoms with Gasteiger partial charge in [-0.3, -0.25) is 0 Å². The Morgan fingerprint density at radius 3 is 2.67 bits per heavy atom. The molecule has 1 unspecified atom stereocenters. The number of hydrogen-bond acceptors (Lipinski definition) is 2.